The van der Waals surface area contributed by atoms with Crippen molar-refractivity contribution in [2.45, 2.75) is 17.7 Å². The molecule has 0 radical (unpaired) electrons. The SMILES string of the molecule is NC(=O)c1ccc(N=Nc2ccc(N=Nc3c(S(=O)(=O)O)cc4ccc(N=Nc5cnn(-c6ccccc6)c5O)cc4c3O)c3c2CC=C(S(=O)(=O)O)C3)cc1. The van der Waals surface area contributed by atoms with Crippen LogP contribution in [0.3, 0.4) is 0 Å². The van der Waals surface area contributed by atoms with Crippen LogP contribution in [0.4, 0.5) is 34.1 Å². The van der Waals surface area contributed by atoms with E-state index in [1.54, 1.807) is 24.3 Å². The molecule has 1 aromatic heterocycles. The third-order valence-corrected chi connectivity index (χ3v) is 10.4. The van der Waals surface area contributed by atoms with Crippen LogP contribution in [0, 0.1) is 0 Å². The van der Waals surface area contributed by atoms with E-state index in [0.717, 1.165) is 6.07 Å². The zero-order valence-corrected chi connectivity index (χ0v) is 30.2. The van der Waals surface area contributed by atoms with E-state index in [1.165, 1.54) is 71.6 Å². The molecule has 1 amide bonds. The van der Waals surface area contributed by atoms with Gasteiger partial charge in [-0.15, -0.1) is 10.2 Å². The molecule has 7 rings (SSSR count). The van der Waals surface area contributed by atoms with Crippen LogP contribution in [0.25, 0.3) is 16.5 Å². The van der Waals surface area contributed by atoms with E-state index in [0.29, 0.717) is 22.6 Å². The quantitative estimate of drug-likeness (QED) is 0.0660. The predicted molar refractivity (Wildman–Crippen MR) is 202 cm³/mol. The van der Waals surface area contributed by atoms with Crippen molar-refractivity contribution in [2.24, 2.45) is 36.4 Å². The Kier molecular flexibility index (Phi) is 9.78. The molecule has 6 aromatic rings. The van der Waals surface area contributed by atoms with Crippen molar-refractivity contribution in [1.82, 2.24) is 9.78 Å². The van der Waals surface area contributed by atoms with Gasteiger partial charge in [0.05, 0.1) is 39.5 Å². The Bertz CT molecular complexity index is 2910. The lowest BCUT2D eigenvalue weighted by atomic mass is 9.93. The zero-order chi connectivity index (χ0) is 39.8. The average molecular weight is 794 g/mol. The Morgan fingerprint density at radius 1 is 0.714 bits per heavy atom. The number of aromatic hydroxyl groups is 2. The third kappa shape index (κ3) is 7.65. The standard InChI is InChI=1S/C36H27N9O9S2/c37-35(47)20-6-9-22(10-7-20)39-41-29-14-15-30(28-18-25(55(49,50)51)12-13-26(28)29)42-44-33-32(56(52,53)54)16-21-8-11-23(17-27(21)34(33)46)40-43-31-19-38-45(36(31)48)24-4-2-1-3-5-24/h1-12,14-17,19,46,48H,13,18H2,(H2,37,47)(H,49,50,51)(H,52,53,54). The zero-order valence-electron chi connectivity index (χ0n) is 28.5. The normalized spacial score (nSPS) is 13.5. The summed E-state index contributed by atoms with van der Waals surface area (Å²) in [5.74, 6) is -1.60. The molecule has 1 aliphatic carbocycles. The minimum absolute atomic E-state index is 0.0254. The molecular formula is C36H27N9O9S2. The molecule has 0 aliphatic heterocycles. The highest BCUT2D eigenvalue weighted by Crippen LogP contribution is 2.44. The first-order valence-electron chi connectivity index (χ1n) is 16.2. The van der Waals surface area contributed by atoms with Crippen LogP contribution in [-0.2, 0) is 33.1 Å². The van der Waals surface area contributed by atoms with Crippen LogP contribution in [-0.4, -0.2) is 51.8 Å². The minimum Gasteiger partial charge on any atom is -0.505 e. The van der Waals surface area contributed by atoms with Gasteiger partial charge in [0, 0.05) is 17.4 Å². The molecule has 0 unspecified atom stereocenters. The summed E-state index contributed by atoms with van der Waals surface area (Å²) in [5, 5.41) is 51.2. The van der Waals surface area contributed by atoms with Gasteiger partial charge in [0.25, 0.3) is 20.2 Å². The fourth-order valence-electron chi connectivity index (χ4n) is 5.81. The Morgan fingerprint density at radius 2 is 1.36 bits per heavy atom. The summed E-state index contributed by atoms with van der Waals surface area (Å²) in [6.07, 6.45) is 2.23. The van der Waals surface area contributed by atoms with Crippen molar-refractivity contribution in [3.05, 3.63) is 125 Å². The second-order valence-electron chi connectivity index (χ2n) is 12.2. The number of phenols is 1. The molecule has 56 heavy (non-hydrogen) atoms. The Labute approximate surface area is 317 Å². The molecule has 20 heteroatoms. The summed E-state index contributed by atoms with van der Waals surface area (Å²) >= 11 is 0. The van der Waals surface area contributed by atoms with E-state index in [-0.39, 0.29) is 62.6 Å². The second kappa shape index (κ2) is 14.7. The van der Waals surface area contributed by atoms with Gasteiger partial charge in [-0.1, -0.05) is 30.3 Å². The number of para-hydroxylation sites is 1. The number of primary amides is 1. The number of azo groups is 3. The maximum atomic E-state index is 12.5. The number of phenolic OH excluding ortho intramolecular Hbond substituents is 1. The molecule has 0 saturated carbocycles. The minimum atomic E-state index is -4.99. The van der Waals surface area contributed by atoms with Gasteiger partial charge >= 0.3 is 0 Å². The maximum absolute atomic E-state index is 12.5. The number of benzene rings is 5. The lowest BCUT2D eigenvalue weighted by Gasteiger charge is -2.18. The van der Waals surface area contributed by atoms with Gasteiger partial charge in [0.2, 0.25) is 11.8 Å². The summed E-state index contributed by atoms with van der Waals surface area (Å²) in [6.45, 7) is 0. The van der Waals surface area contributed by atoms with Gasteiger partial charge in [-0.2, -0.15) is 47.1 Å². The molecule has 0 saturated heterocycles. The monoisotopic (exact) mass is 793 g/mol. The molecule has 5 aromatic carbocycles. The molecule has 0 fully saturated rings. The third-order valence-electron chi connectivity index (χ3n) is 8.59. The van der Waals surface area contributed by atoms with Crippen LogP contribution in [0.2, 0.25) is 0 Å². The number of rotatable bonds is 10. The predicted octanol–water partition coefficient (Wildman–Crippen LogP) is 7.90. The number of allylic oxidation sites excluding steroid dienone is 2. The van der Waals surface area contributed by atoms with Crippen LogP contribution < -0.4 is 5.73 Å². The summed E-state index contributed by atoms with van der Waals surface area (Å²) in [5.41, 5.74) is 7.13. The van der Waals surface area contributed by atoms with E-state index >= 15 is 0 Å². The first kappa shape index (κ1) is 37.3. The maximum Gasteiger partial charge on any atom is 0.296 e. The van der Waals surface area contributed by atoms with Gasteiger partial charge in [-0.05, 0) is 89.7 Å². The van der Waals surface area contributed by atoms with Gasteiger partial charge in [-0.3, -0.25) is 13.9 Å². The highest BCUT2D eigenvalue weighted by atomic mass is 32.2. The number of fused-ring (bicyclic) bond motifs is 2. The van der Waals surface area contributed by atoms with Crippen LogP contribution in [0.1, 0.15) is 21.5 Å². The van der Waals surface area contributed by atoms with E-state index < -0.39 is 42.5 Å². The smallest absolute Gasteiger partial charge is 0.296 e. The summed E-state index contributed by atoms with van der Waals surface area (Å²) < 4.78 is 70.5. The highest BCUT2D eigenvalue weighted by Gasteiger charge is 2.26. The molecule has 1 heterocycles. The molecule has 0 spiro atoms. The summed E-state index contributed by atoms with van der Waals surface area (Å²) in [4.78, 5) is 10.3. The van der Waals surface area contributed by atoms with Crippen LogP contribution >= 0.6 is 0 Å². The molecule has 6 N–H and O–H groups in total. The number of nitrogens with two attached hydrogens (primary N) is 1. The molecule has 0 bridgehead atoms. The highest BCUT2D eigenvalue weighted by molar-refractivity contribution is 7.89. The van der Waals surface area contributed by atoms with Gasteiger partial charge in [0.1, 0.15) is 10.6 Å². The first-order chi connectivity index (χ1) is 26.7. The molecule has 0 atom stereocenters. The van der Waals surface area contributed by atoms with E-state index in [2.05, 4.69) is 35.8 Å². The molecular weight excluding hydrogens is 767 g/mol. The van der Waals surface area contributed by atoms with Gasteiger partial charge in [0.15, 0.2) is 11.4 Å². The number of hydrogen-bond donors (Lipinski definition) is 5. The van der Waals surface area contributed by atoms with Crippen molar-refractivity contribution in [2.75, 3.05) is 0 Å². The van der Waals surface area contributed by atoms with Gasteiger partial charge < -0.3 is 15.9 Å². The number of hydrogen-bond acceptors (Lipinski definition) is 14. The number of nitrogens with zero attached hydrogens (tertiary/aromatic N) is 8. The fraction of sp³-hybridized carbons (Fsp3) is 0.0556. The molecule has 282 valence electrons. The number of amides is 1. The van der Waals surface area contributed by atoms with Crippen molar-refractivity contribution in [3.63, 3.8) is 0 Å². The van der Waals surface area contributed by atoms with Crippen LogP contribution in [0.15, 0.2) is 144 Å². The van der Waals surface area contributed by atoms with E-state index in [4.69, 9.17) is 5.73 Å². The number of carbonyl (C=O) groups is 1. The second-order valence-corrected chi connectivity index (χ2v) is 15.0. The van der Waals surface area contributed by atoms with E-state index in [1.807, 2.05) is 6.07 Å². The lowest BCUT2D eigenvalue weighted by Crippen LogP contribution is -2.11. The largest absolute Gasteiger partial charge is 0.505 e. The lowest BCUT2D eigenvalue weighted by molar-refractivity contribution is 0.1000. The van der Waals surface area contributed by atoms with E-state index in [9.17, 15) is 40.9 Å². The van der Waals surface area contributed by atoms with Gasteiger partial charge in [-0.25, -0.2) is 0 Å². The van der Waals surface area contributed by atoms with Crippen molar-refractivity contribution in [1.29, 1.82) is 0 Å². The van der Waals surface area contributed by atoms with Crippen molar-refractivity contribution >= 4 is 71.0 Å². The first-order valence-corrected chi connectivity index (χ1v) is 19.1. The van der Waals surface area contributed by atoms with Crippen LogP contribution in [0.5, 0.6) is 11.6 Å². The topological polar surface area (TPSA) is 284 Å². The Morgan fingerprint density at radius 3 is 2.04 bits per heavy atom. The summed E-state index contributed by atoms with van der Waals surface area (Å²) in [7, 11) is -9.61. The Hall–Kier alpha value is -7.00. The van der Waals surface area contributed by atoms with Crippen molar-refractivity contribution < 1.29 is 40.9 Å². The van der Waals surface area contributed by atoms with Crippen molar-refractivity contribution in [3.8, 4) is 17.3 Å². The Balaban J connectivity index is 1.26. The molecule has 18 nitrogen and oxygen atoms in total. The fourth-order valence-corrected chi connectivity index (χ4v) is 7.08. The summed E-state index contributed by atoms with van der Waals surface area (Å²) in [6, 6.07) is 23.0. The number of carbonyl (C=O) groups excluding carboxylic acids is 1. The number of aromatic nitrogens is 2. The average Bonchev–Trinajstić information content (AvgIpc) is 3.55. The molecule has 1 aliphatic rings.